The highest BCUT2D eigenvalue weighted by Crippen LogP contribution is 2.20. The first-order valence-electron chi connectivity index (χ1n) is 6.90. The molecule has 112 valence electrons. The number of rotatable bonds is 7. The maximum absolute atomic E-state index is 11.8. The largest absolute Gasteiger partial charge is 0.398 e. The van der Waals surface area contributed by atoms with E-state index in [-0.39, 0.29) is 12.3 Å². The third kappa shape index (κ3) is 5.74. The standard InChI is InChI=1S/C15H24N2O2S/c1-11(2)7-9-20(19)10-8-15(18)17-14-6-4-5-13(16)12(14)3/h4-6,11H,7-10,16H2,1-3H3,(H,17,18). The minimum Gasteiger partial charge on any atom is -0.398 e. The molecular weight excluding hydrogens is 272 g/mol. The first kappa shape index (κ1) is 16.7. The lowest BCUT2D eigenvalue weighted by Crippen LogP contribution is -2.17. The van der Waals surface area contributed by atoms with Crippen molar-refractivity contribution >= 4 is 28.1 Å². The van der Waals surface area contributed by atoms with Gasteiger partial charge in [-0.15, -0.1) is 0 Å². The summed E-state index contributed by atoms with van der Waals surface area (Å²) in [4.78, 5) is 11.8. The van der Waals surface area contributed by atoms with Crippen LogP contribution in [0.2, 0.25) is 0 Å². The van der Waals surface area contributed by atoms with Gasteiger partial charge in [-0.25, -0.2) is 0 Å². The van der Waals surface area contributed by atoms with Gasteiger partial charge in [0.05, 0.1) is 0 Å². The molecule has 0 fully saturated rings. The topological polar surface area (TPSA) is 72.2 Å². The van der Waals surface area contributed by atoms with Crippen molar-refractivity contribution < 1.29 is 9.00 Å². The van der Waals surface area contributed by atoms with Gasteiger partial charge in [-0.2, -0.15) is 0 Å². The lowest BCUT2D eigenvalue weighted by atomic mass is 10.1. The molecule has 0 aliphatic heterocycles. The normalized spacial score (nSPS) is 12.4. The highest BCUT2D eigenvalue weighted by atomic mass is 32.2. The molecule has 0 saturated carbocycles. The number of carbonyl (C=O) groups excluding carboxylic acids is 1. The van der Waals surface area contributed by atoms with E-state index < -0.39 is 10.8 Å². The minimum absolute atomic E-state index is 0.114. The molecule has 3 N–H and O–H groups in total. The Bertz CT molecular complexity index is 487. The molecule has 0 aliphatic rings. The molecule has 0 saturated heterocycles. The third-order valence-electron chi connectivity index (χ3n) is 3.13. The molecule has 1 rings (SSSR count). The van der Waals surface area contributed by atoms with Crippen molar-refractivity contribution in [2.75, 3.05) is 22.6 Å². The van der Waals surface area contributed by atoms with Crippen molar-refractivity contribution in [1.82, 2.24) is 0 Å². The zero-order chi connectivity index (χ0) is 15.1. The van der Waals surface area contributed by atoms with Crippen molar-refractivity contribution in [3.05, 3.63) is 23.8 Å². The Hall–Kier alpha value is -1.36. The van der Waals surface area contributed by atoms with Crippen LogP contribution in [0.15, 0.2) is 18.2 Å². The average Bonchev–Trinajstić information content (AvgIpc) is 2.39. The van der Waals surface area contributed by atoms with Gasteiger partial charge < -0.3 is 11.1 Å². The van der Waals surface area contributed by atoms with Gasteiger partial charge in [-0.3, -0.25) is 9.00 Å². The summed E-state index contributed by atoms with van der Waals surface area (Å²) in [7, 11) is -0.914. The molecule has 0 bridgehead atoms. The molecule has 1 unspecified atom stereocenters. The van der Waals surface area contributed by atoms with Gasteiger partial charge in [0.25, 0.3) is 0 Å². The summed E-state index contributed by atoms with van der Waals surface area (Å²) in [6, 6.07) is 5.42. The van der Waals surface area contributed by atoms with Crippen LogP contribution in [0.5, 0.6) is 0 Å². The van der Waals surface area contributed by atoms with Gasteiger partial charge in [-0.1, -0.05) is 19.9 Å². The molecular formula is C15H24N2O2S. The number of hydrogen-bond donors (Lipinski definition) is 2. The molecule has 1 aromatic rings. The van der Waals surface area contributed by atoms with E-state index in [0.717, 1.165) is 17.7 Å². The molecule has 1 aromatic carbocycles. The Labute approximate surface area is 123 Å². The fourth-order valence-electron chi connectivity index (χ4n) is 1.68. The monoisotopic (exact) mass is 296 g/mol. The molecule has 0 aromatic heterocycles. The lowest BCUT2D eigenvalue weighted by molar-refractivity contribution is -0.115. The number of benzene rings is 1. The van der Waals surface area contributed by atoms with Crippen molar-refractivity contribution in [3.63, 3.8) is 0 Å². The Morgan fingerprint density at radius 2 is 2.05 bits per heavy atom. The molecule has 0 radical (unpaired) electrons. The average molecular weight is 296 g/mol. The Kier molecular flexibility index (Phi) is 6.71. The molecule has 1 amide bonds. The van der Waals surface area contributed by atoms with E-state index in [1.807, 2.05) is 13.0 Å². The van der Waals surface area contributed by atoms with Crippen LogP contribution in [0.25, 0.3) is 0 Å². The zero-order valence-corrected chi connectivity index (χ0v) is 13.3. The quantitative estimate of drug-likeness (QED) is 0.760. The SMILES string of the molecule is Cc1c(N)cccc1NC(=O)CCS(=O)CCC(C)C. The molecule has 5 heteroatoms. The van der Waals surface area contributed by atoms with E-state index in [4.69, 9.17) is 5.73 Å². The molecule has 0 spiro atoms. The van der Waals surface area contributed by atoms with Gasteiger partial charge >= 0.3 is 0 Å². The fraction of sp³-hybridized carbons (Fsp3) is 0.533. The number of nitrogens with two attached hydrogens (primary N) is 1. The zero-order valence-electron chi connectivity index (χ0n) is 12.4. The van der Waals surface area contributed by atoms with Crippen LogP contribution in [0.1, 0.15) is 32.3 Å². The minimum atomic E-state index is -0.914. The highest BCUT2D eigenvalue weighted by Gasteiger charge is 2.09. The van der Waals surface area contributed by atoms with Gasteiger partial charge in [0.2, 0.25) is 5.91 Å². The van der Waals surface area contributed by atoms with Gasteiger partial charge in [-0.05, 0) is 37.0 Å². The highest BCUT2D eigenvalue weighted by molar-refractivity contribution is 7.84. The van der Waals surface area contributed by atoms with Crippen LogP contribution in [-0.4, -0.2) is 21.6 Å². The maximum atomic E-state index is 11.8. The van der Waals surface area contributed by atoms with Crippen LogP contribution in [0, 0.1) is 12.8 Å². The summed E-state index contributed by atoms with van der Waals surface area (Å²) in [6.45, 7) is 6.07. The second-order valence-electron chi connectivity index (χ2n) is 5.35. The summed E-state index contributed by atoms with van der Waals surface area (Å²) in [5, 5.41) is 2.82. The summed E-state index contributed by atoms with van der Waals surface area (Å²) in [6.07, 6.45) is 1.21. The number of amides is 1. The first-order valence-corrected chi connectivity index (χ1v) is 8.39. The lowest BCUT2D eigenvalue weighted by Gasteiger charge is -2.10. The van der Waals surface area contributed by atoms with Crippen LogP contribution in [0.3, 0.4) is 0 Å². The second kappa shape index (κ2) is 8.04. The van der Waals surface area contributed by atoms with Crippen molar-refractivity contribution in [2.24, 2.45) is 5.92 Å². The maximum Gasteiger partial charge on any atom is 0.225 e. The van der Waals surface area contributed by atoms with E-state index in [2.05, 4.69) is 19.2 Å². The van der Waals surface area contributed by atoms with E-state index in [9.17, 15) is 9.00 Å². The number of anilines is 2. The summed E-state index contributed by atoms with van der Waals surface area (Å²) >= 11 is 0. The van der Waals surface area contributed by atoms with Crippen molar-refractivity contribution in [2.45, 2.75) is 33.6 Å². The first-order chi connectivity index (χ1) is 9.40. The van der Waals surface area contributed by atoms with Crippen LogP contribution < -0.4 is 11.1 Å². The van der Waals surface area contributed by atoms with Crippen molar-refractivity contribution in [1.29, 1.82) is 0 Å². The second-order valence-corrected chi connectivity index (χ2v) is 7.04. The fourth-order valence-corrected chi connectivity index (χ4v) is 3.03. The summed E-state index contributed by atoms with van der Waals surface area (Å²) in [5.74, 6) is 1.52. The van der Waals surface area contributed by atoms with E-state index in [1.165, 1.54) is 0 Å². The number of carbonyl (C=O) groups is 1. The molecule has 4 nitrogen and oxygen atoms in total. The van der Waals surface area contributed by atoms with E-state index >= 15 is 0 Å². The van der Waals surface area contributed by atoms with Gasteiger partial charge in [0.15, 0.2) is 0 Å². The number of hydrogen-bond acceptors (Lipinski definition) is 3. The van der Waals surface area contributed by atoms with Crippen molar-refractivity contribution in [3.8, 4) is 0 Å². The van der Waals surface area contributed by atoms with Gasteiger partial charge in [0.1, 0.15) is 0 Å². The molecule has 1 atom stereocenters. The Morgan fingerprint density at radius 3 is 2.70 bits per heavy atom. The Morgan fingerprint density at radius 1 is 1.35 bits per heavy atom. The smallest absolute Gasteiger partial charge is 0.225 e. The predicted octanol–water partition coefficient (Wildman–Crippen LogP) is 2.70. The van der Waals surface area contributed by atoms with E-state index in [1.54, 1.807) is 12.1 Å². The third-order valence-corrected chi connectivity index (χ3v) is 4.48. The van der Waals surface area contributed by atoms with E-state index in [0.29, 0.717) is 23.1 Å². The predicted molar refractivity (Wildman–Crippen MR) is 86.2 cm³/mol. The molecule has 20 heavy (non-hydrogen) atoms. The van der Waals surface area contributed by atoms with Crippen LogP contribution in [-0.2, 0) is 15.6 Å². The van der Waals surface area contributed by atoms with Gasteiger partial charge in [0, 0.05) is 40.1 Å². The Balaban J connectivity index is 2.40. The number of nitrogen functional groups attached to an aromatic ring is 1. The van der Waals surface area contributed by atoms with Crippen LogP contribution in [0.4, 0.5) is 11.4 Å². The summed E-state index contributed by atoms with van der Waals surface area (Å²) in [5.41, 5.74) is 8.03. The molecule has 0 heterocycles. The molecule has 0 aliphatic carbocycles. The summed E-state index contributed by atoms with van der Waals surface area (Å²) < 4.78 is 11.7. The van der Waals surface area contributed by atoms with Crippen LogP contribution >= 0.6 is 0 Å². The number of nitrogens with one attached hydrogen (secondary N) is 1.